The summed E-state index contributed by atoms with van der Waals surface area (Å²) in [5, 5.41) is 2.08. The average Bonchev–Trinajstić information content (AvgIpc) is 3.61. The van der Waals surface area contributed by atoms with Crippen molar-refractivity contribution in [3.05, 3.63) is 203 Å². The molecule has 0 unspecified atom stereocenters. The van der Waals surface area contributed by atoms with E-state index < -0.39 is 11.7 Å². The van der Waals surface area contributed by atoms with Crippen molar-refractivity contribution in [3.8, 4) is 73.2 Å². The highest BCUT2D eigenvalue weighted by Crippen LogP contribution is 2.43. The Hall–Kier alpha value is -7.64. The zero-order chi connectivity index (χ0) is 45.1. The number of halogens is 3. The van der Waals surface area contributed by atoms with E-state index in [1.165, 1.54) is 45.5 Å². The standard InChI is InChI=1S/C58H45F3N4/c1-34-26-36(3)53(37(4)27-34)44-21-23-47-48-24-22-45(54-38(5)28-35(2)29-39(54)6)33-51(48)65(50(47)32-44)52-31-43(42-18-13-19-46(30-42)58(59,60)61)20-25-49(52)57-63-55(40-14-9-7-10-15-40)62-56(64-57)41-16-11-8-12-17-41/h7-33H,1-6H3. The Bertz CT molecular complexity index is 3260. The van der Waals surface area contributed by atoms with E-state index in [9.17, 15) is 13.2 Å². The molecule has 2 aromatic heterocycles. The number of aromatic nitrogens is 4. The van der Waals surface area contributed by atoms with Gasteiger partial charge in [0.2, 0.25) is 0 Å². The summed E-state index contributed by atoms with van der Waals surface area (Å²) < 4.78 is 45.0. The molecule has 0 spiro atoms. The summed E-state index contributed by atoms with van der Waals surface area (Å²) in [7, 11) is 0. The Morgan fingerprint density at radius 1 is 0.385 bits per heavy atom. The number of fused-ring (bicyclic) bond motifs is 3. The smallest absolute Gasteiger partial charge is 0.308 e. The molecule has 0 fully saturated rings. The summed E-state index contributed by atoms with van der Waals surface area (Å²) in [6.07, 6.45) is -4.51. The van der Waals surface area contributed by atoms with Crippen molar-refractivity contribution >= 4 is 21.8 Å². The predicted octanol–water partition coefficient (Wildman–Crippen LogP) is 15.8. The zero-order valence-corrected chi connectivity index (χ0v) is 37.0. The van der Waals surface area contributed by atoms with Crippen LogP contribution in [0.2, 0.25) is 0 Å². The van der Waals surface area contributed by atoms with Gasteiger partial charge in [-0.2, -0.15) is 13.2 Å². The van der Waals surface area contributed by atoms with E-state index in [1.54, 1.807) is 6.07 Å². The van der Waals surface area contributed by atoms with E-state index in [1.807, 2.05) is 78.9 Å². The number of alkyl halides is 3. The Kier molecular flexibility index (Phi) is 10.3. The van der Waals surface area contributed by atoms with Crippen molar-refractivity contribution in [2.24, 2.45) is 0 Å². The van der Waals surface area contributed by atoms with E-state index in [0.717, 1.165) is 61.3 Å². The summed E-state index contributed by atoms with van der Waals surface area (Å²) in [6, 6.07) is 53.1. The molecule has 10 rings (SSSR count). The topological polar surface area (TPSA) is 43.6 Å². The van der Waals surface area contributed by atoms with E-state index >= 15 is 0 Å². The minimum absolute atomic E-state index is 0.432. The Labute approximate surface area is 376 Å². The first-order valence-electron chi connectivity index (χ1n) is 21.7. The third kappa shape index (κ3) is 7.67. The summed E-state index contributed by atoms with van der Waals surface area (Å²) in [5.74, 6) is 1.44. The number of hydrogen-bond donors (Lipinski definition) is 0. The maximum atomic E-state index is 14.3. The summed E-state index contributed by atoms with van der Waals surface area (Å²) >= 11 is 0. The van der Waals surface area contributed by atoms with Crippen LogP contribution in [-0.4, -0.2) is 19.5 Å². The van der Waals surface area contributed by atoms with E-state index in [-0.39, 0.29) is 0 Å². The van der Waals surface area contributed by atoms with Gasteiger partial charge in [-0.3, -0.25) is 0 Å². The molecule has 10 aromatic rings. The Morgan fingerprint density at radius 2 is 0.815 bits per heavy atom. The molecular formula is C58H45F3N4. The van der Waals surface area contributed by atoms with Gasteiger partial charge in [0.05, 0.1) is 22.3 Å². The van der Waals surface area contributed by atoms with Crippen LogP contribution in [-0.2, 0) is 6.18 Å². The highest BCUT2D eigenvalue weighted by Gasteiger charge is 2.31. The predicted molar refractivity (Wildman–Crippen MR) is 260 cm³/mol. The lowest BCUT2D eigenvalue weighted by Gasteiger charge is -2.18. The normalized spacial score (nSPS) is 11.8. The molecule has 0 aliphatic carbocycles. The minimum Gasteiger partial charge on any atom is -0.308 e. The Balaban J connectivity index is 1.34. The highest BCUT2D eigenvalue weighted by atomic mass is 19.4. The van der Waals surface area contributed by atoms with Crippen LogP contribution in [0.3, 0.4) is 0 Å². The SMILES string of the molecule is Cc1cc(C)c(-c2ccc3c4ccc(-c5c(C)cc(C)cc5C)cc4n(-c4cc(-c5cccc(C(F)(F)F)c5)ccc4-c4nc(-c5ccccc5)nc(-c5ccccc5)n4)c3c2)c(C)c1. The molecule has 2 heterocycles. The highest BCUT2D eigenvalue weighted by molar-refractivity contribution is 6.12. The average molecular weight is 855 g/mol. The van der Waals surface area contributed by atoms with Gasteiger partial charge in [-0.15, -0.1) is 0 Å². The second-order valence-electron chi connectivity index (χ2n) is 17.2. The van der Waals surface area contributed by atoms with Gasteiger partial charge in [0.15, 0.2) is 17.5 Å². The fraction of sp³-hybridized carbons (Fsp3) is 0.121. The zero-order valence-electron chi connectivity index (χ0n) is 37.0. The molecule has 65 heavy (non-hydrogen) atoms. The van der Waals surface area contributed by atoms with Crippen molar-refractivity contribution in [1.82, 2.24) is 19.5 Å². The molecule has 0 radical (unpaired) electrons. The second-order valence-corrected chi connectivity index (χ2v) is 17.2. The lowest BCUT2D eigenvalue weighted by atomic mass is 9.92. The fourth-order valence-electron chi connectivity index (χ4n) is 9.75. The van der Waals surface area contributed by atoms with Crippen LogP contribution in [0.15, 0.2) is 164 Å². The van der Waals surface area contributed by atoms with Crippen LogP contribution < -0.4 is 0 Å². The monoisotopic (exact) mass is 854 g/mol. The third-order valence-electron chi connectivity index (χ3n) is 12.4. The van der Waals surface area contributed by atoms with Gasteiger partial charge >= 0.3 is 6.18 Å². The molecule has 0 saturated carbocycles. The van der Waals surface area contributed by atoms with Crippen molar-refractivity contribution in [2.45, 2.75) is 47.7 Å². The van der Waals surface area contributed by atoms with E-state index in [4.69, 9.17) is 15.0 Å². The van der Waals surface area contributed by atoms with Gasteiger partial charge in [-0.1, -0.05) is 139 Å². The van der Waals surface area contributed by atoms with E-state index in [0.29, 0.717) is 39.9 Å². The third-order valence-corrected chi connectivity index (χ3v) is 12.4. The van der Waals surface area contributed by atoms with Crippen LogP contribution >= 0.6 is 0 Å². The summed E-state index contributed by atoms with van der Waals surface area (Å²) in [5.41, 5.74) is 16.9. The van der Waals surface area contributed by atoms with Crippen LogP contribution in [0.5, 0.6) is 0 Å². The number of nitrogens with zero attached hydrogens (tertiary/aromatic N) is 4. The number of benzene rings is 8. The van der Waals surface area contributed by atoms with E-state index in [2.05, 4.69) is 107 Å². The fourth-order valence-corrected chi connectivity index (χ4v) is 9.75. The van der Waals surface area contributed by atoms with Gasteiger partial charge in [0, 0.05) is 27.5 Å². The number of aryl methyl sites for hydroxylation is 6. The van der Waals surface area contributed by atoms with Gasteiger partial charge < -0.3 is 4.57 Å². The van der Waals surface area contributed by atoms with Gasteiger partial charge in [0.25, 0.3) is 0 Å². The first-order valence-corrected chi connectivity index (χ1v) is 21.7. The number of hydrogen-bond acceptors (Lipinski definition) is 3. The molecule has 0 aliphatic rings. The van der Waals surface area contributed by atoms with Gasteiger partial charge in [-0.05, 0) is 134 Å². The molecule has 0 N–H and O–H groups in total. The molecular weight excluding hydrogens is 810 g/mol. The maximum Gasteiger partial charge on any atom is 0.416 e. The molecule has 0 saturated heterocycles. The van der Waals surface area contributed by atoms with Gasteiger partial charge in [-0.25, -0.2) is 15.0 Å². The Morgan fingerprint density at radius 3 is 1.29 bits per heavy atom. The second kappa shape index (κ2) is 16.2. The van der Waals surface area contributed by atoms with Gasteiger partial charge in [0.1, 0.15) is 0 Å². The maximum absolute atomic E-state index is 14.3. The molecule has 7 heteroatoms. The van der Waals surface area contributed by atoms with Crippen LogP contribution in [0.25, 0.3) is 95.0 Å². The largest absolute Gasteiger partial charge is 0.416 e. The van der Waals surface area contributed by atoms with Crippen LogP contribution in [0.4, 0.5) is 13.2 Å². The first-order chi connectivity index (χ1) is 31.3. The van der Waals surface area contributed by atoms with Crippen molar-refractivity contribution < 1.29 is 13.2 Å². The summed E-state index contributed by atoms with van der Waals surface area (Å²) in [4.78, 5) is 15.4. The molecule has 0 amide bonds. The molecule has 0 atom stereocenters. The van der Waals surface area contributed by atoms with Crippen LogP contribution in [0, 0.1) is 41.5 Å². The molecule has 0 bridgehead atoms. The lowest BCUT2D eigenvalue weighted by molar-refractivity contribution is -0.137. The quantitative estimate of drug-likeness (QED) is 0.160. The number of rotatable bonds is 7. The summed E-state index contributed by atoms with van der Waals surface area (Å²) in [6.45, 7) is 12.8. The van der Waals surface area contributed by atoms with Crippen molar-refractivity contribution in [1.29, 1.82) is 0 Å². The minimum atomic E-state index is -4.51. The lowest BCUT2D eigenvalue weighted by Crippen LogP contribution is -2.05. The van der Waals surface area contributed by atoms with Crippen LogP contribution in [0.1, 0.15) is 38.9 Å². The van der Waals surface area contributed by atoms with Crippen molar-refractivity contribution in [2.75, 3.05) is 0 Å². The first kappa shape index (κ1) is 41.4. The molecule has 318 valence electrons. The van der Waals surface area contributed by atoms with Crippen molar-refractivity contribution in [3.63, 3.8) is 0 Å². The molecule has 0 aliphatic heterocycles. The molecule has 4 nitrogen and oxygen atoms in total. The molecule has 8 aromatic carbocycles.